The lowest BCUT2D eigenvalue weighted by atomic mass is 10.1. The highest BCUT2D eigenvalue weighted by molar-refractivity contribution is 7.92. The molecule has 3 rings (SSSR count). The van der Waals surface area contributed by atoms with E-state index in [1.54, 1.807) is 42.5 Å². The number of sulfonamides is 1. The van der Waals surface area contributed by atoms with Gasteiger partial charge in [0.2, 0.25) is 0 Å². The van der Waals surface area contributed by atoms with Gasteiger partial charge in [0.15, 0.2) is 0 Å². The molecule has 0 amide bonds. The second-order valence-corrected chi connectivity index (χ2v) is 10.3. The van der Waals surface area contributed by atoms with Gasteiger partial charge in [-0.05, 0) is 74.6 Å². The van der Waals surface area contributed by atoms with Crippen LogP contribution in [0, 0.1) is 0 Å². The van der Waals surface area contributed by atoms with Gasteiger partial charge < -0.3 is 9.47 Å². The molecule has 0 aliphatic rings. The Morgan fingerprint density at radius 2 is 1.72 bits per heavy atom. The number of rotatable bonds is 13. The smallest absolute Gasteiger partial charge is 0.306 e. The summed E-state index contributed by atoms with van der Waals surface area (Å²) in [6.45, 7) is 4.23. The van der Waals surface area contributed by atoms with E-state index in [-0.39, 0.29) is 17.0 Å². The normalized spacial score (nSPS) is 11.5. The molecule has 1 N–H and O–H groups in total. The molecule has 3 aromatic rings. The average Bonchev–Trinajstić information content (AvgIpc) is 2.85. The minimum atomic E-state index is -3.62. The molecule has 6 nitrogen and oxygen atoms in total. The number of nitrogens with one attached hydrogen (secondary N) is 1. The Balaban J connectivity index is 1.46. The van der Waals surface area contributed by atoms with Gasteiger partial charge in [0.05, 0.1) is 17.6 Å². The van der Waals surface area contributed by atoms with Crippen molar-refractivity contribution in [2.75, 3.05) is 11.3 Å². The number of aryl methyl sites for hydroxylation is 1. The maximum Gasteiger partial charge on any atom is 0.306 e. The molecule has 0 aliphatic carbocycles. The predicted octanol–water partition coefficient (Wildman–Crippen LogP) is 6.24. The number of hydrogen-bond acceptors (Lipinski definition) is 5. The Labute approximate surface area is 214 Å². The Kier molecular flexibility index (Phi) is 10.1. The first kappa shape index (κ1) is 27.0. The lowest BCUT2D eigenvalue weighted by Gasteiger charge is -2.12. The first-order valence-corrected chi connectivity index (χ1v) is 13.6. The van der Waals surface area contributed by atoms with Crippen LogP contribution in [0.3, 0.4) is 0 Å². The lowest BCUT2D eigenvalue weighted by molar-refractivity contribution is -0.147. The fourth-order valence-electron chi connectivity index (χ4n) is 3.53. The summed E-state index contributed by atoms with van der Waals surface area (Å²) < 4.78 is 38.9. The molecule has 0 atom stereocenters. The molecule has 7 heteroatoms. The monoisotopic (exact) mass is 507 g/mol. The Morgan fingerprint density at radius 1 is 0.972 bits per heavy atom. The first-order valence-electron chi connectivity index (χ1n) is 12.1. The molecule has 0 saturated heterocycles. The Bertz CT molecular complexity index is 1250. The topological polar surface area (TPSA) is 81.7 Å². The predicted molar refractivity (Wildman–Crippen MR) is 143 cm³/mol. The summed E-state index contributed by atoms with van der Waals surface area (Å²) >= 11 is 0. The highest BCUT2D eigenvalue weighted by Crippen LogP contribution is 2.21. The van der Waals surface area contributed by atoms with E-state index < -0.39 is 10.0 Å². The standard InChI is InChI=1S/C29H33NO5S/c1-23(2)35-29(31)20-19-25-14-8-9-18-28(25)34-21-10-4-5-12-24-13-11-15-26(22-24)30-36(32,33)27-16-6-3-7-17-27/h3,5-9,11-18,22-23,30H,4,10,19-21H2,1-2H3. The quantitative estimate of drug-likeness (QED) is 0.219. The van der Waals surface area contributed by atoms with Crippen LogP contribution in [0.15, 0.2) is 89.8 Å². The fraction of sp³-hybridized carbons (Fsp3) is 0.276. The van der Waals surface area contributed by atoms with Crippen molar-refractivity contribution >= 4 is 27.8 Å². The number of allylic oxidation sites excluding steroid dienone is 1. The molecule has 0 heterocycles. The molecule has 190 valence electrons. The number of unbranched alkanes of at least 4 members (excludes halogenated alkanes) is 1. The molecule has 0 radical (unpaired) electrons. The number of hydrogen-bond donors (Lipinski definition) is 1. The zero-order chi connectivity index (χ0) is 25.8. The molecule has 3 aromatic carbocycles. The minimum Gasteiger partial charge on any atom is -0.493 e. The number of benzene rings is 3. The summed E-state index contributed by atoms with van der Waals surface area (Å²) in [7, 11) is -3.62. The minimum absolute atomic E-state index is 0.113. The van der Waals surface area contributed by atoms with E-state index in [4.69, 9.17) is 9.47 Å². The number of carbonyl (C=O) groups is 1. The van der Waals surface area contributed by atoms with E-state index in [9.17, 15) is 13.2 Å². The van der Waals surface area contributed by atoms with Gasteiger partial charge in [-0.2, -0.15) is 0 Å². The van der Waals surface area contributed by atoms with Gasteiger partial charge in [-0.25, -0.2) is 8.42 Å². The number of ether oxygens (including phenoxy) is 2. The second-order valence-electron chi connectivity index (χ2n) is 8.58. The van der Waals surface area contributed by atoms with Gasteiger partial charge in [-0.15, -0.1) is 0 Å². The van der Waals surface area contributed by atoms with Crippen molar-refractivity contribution in [1.82, 2.24) is 0 Å². The number of para-hydroxylation sites is 1. The van der Waals surface area contributed by atoms with Crippen molar-refractivity contribution in [3.63, 3.8) is 0 Å². The maximum atomic E-state index is 12.5. The van der Waals surface area contributed by atoms with Crippen LogP contribution in [0.1, 0.15) is 44.2 Å². The third-order valence-corrected chi connectivity index (χ3v) is 6.61. The first-order chi connectivity index (χ1) is 17.3. The van der Waals surface area contributed by atoms with Crippen molar-refractivity contribution in [3.8, 4) is 5.75 Å². The van der Waals surface area contributed by atoms with Crippen molar-refractivity contribution in [2.24, 2.45) is 0 Å². The number of anilines is 1. The van der Waals surface area contributed by atoms with Crippen LogP contribution in [0.25, 0.3) is 6.08 Å². The van der Waals surface area contributed by atoms with E-state index >= 15 is 0 Å². The Hall–Kier alpha value is -3.58. The van der Waals surface area contributed by atoms with Gasteiger partial charge in [0, 0.05) is 12.1 Å². The van der Waals surface area contributed by atoms with Gasteiger partial charge in [-0.1, -0.05) is 60.7 Å². The third kappa shape index (κ3) is 8.89. The average molecular weight is 508 g/mol. The zero-order valence-electron chi connectivity index (χ0n) is 20.7. The lowest BCUT2D eigenvalue weighted by Crippen LogP contribution is -2.12. The van der Waals surface area contributed by atoms with Crippen LogP contribution in [0.2, 0.25) is 0 Å². The van der Waals surface area contributed by atoms with Crippen LogP contribution >= 0.6 is 0 Å². The van der Waals surface area contributed by atoms with Gasteiger partial charge in [0.25, 0.3) is 10.0 Å². The van der Waals surface area contributed by atoms with Crippen molar-refractivity contribution in [1.29, 1.82) is 0 Å². The van der Waals surface area contributed by atoms with Crippen LogP contribution in [-0.4, -0.2) is 27.1 Å². The molecular weight excluding hydrogens is 474 g/mol. The van der Waals surface area contributed by atoms with E-state index in [1.807, 2.05) is 62.4 Å². The van der Waals surface area contributed by atoms with Gasteiger partial charge in [-0.3, -0.25) is 9.52 Å². The summed E-state index contributed by atoms with van der Waals surface area (Å²) in [5.41, 5.74) is 2.41. The van der Waals surface area contributed by atoms with Crippen molar-refractivity contribution < 1.29 is 22.7 Å². The van der Waals surface area contributed by atoms with E-state index in [0.29, 0.717) is 25.1 Å². The molecule has 36 heavy (non-hydrogen) atoms. The molecular formula is C29H33NO5S. The molecule has 0 aromatic heterocycles. The third-order valence-electron chi connectivity index (χ3n) is 5.21. The van der Waals surface area contributed by atoms with E-state index in [0.717, 1.165) is 29.7 Å². The largest absolute Gasteiger partial charge is 0.493 e. The fourth-order valence-corrected chi connectivity index (χ4v) is 4.60. The van der Waals surface area contributed by atoms with E-state index in [1.165, 1.54) is 0 Å². The summed E-state index contributed by atoms with van der Waals surface area (Å²) in [6.07, 6.45) is 6.42. The van der Waals surface area contributed by atoms with E-state index in [2.05, 4.69) is 4.72 Å². The zero-order valence-corrected chi connectivity index (χ0v) is 21.5. The second kappa shape index (κ2) is 13.5. The van der Waals surface area contributed by atoms with Crippen LogP contribution in [-0.2, 0) is 26.0 Å². The van der Waals surface area contributed by atoms with Gasteiger partial charge in [0.1, 0.15) is 5.75 Å². The highest BCUT2D eigenvalue weighted by atomic mass is 32.2. The molecule has 0 spiro atoms. The van der Waals surface area contributed by atoms with Crippen molar-refractivity contribution in [2.45, 2.75) is 50.5 Å². The number of esters is 1. The summed E-state index contributed by atoms with van der Waals surface area (Å²) in [4.78, 5) is 12.1. The molecule has 0 fully saturated rings. The highest BCUT2D eigenvalue weighted by Gasteiger charge is 2.13. The molecule has 0 saturated carbocycles. The summed E-state index contributed by atoms with van der Waals surface area (Å²) in [6, 6.07) is 23.3. The molecule has 0 aliphatic heterocycles. The van der Waals surface area contributed by atoms with Crippen LogP contribution in [0.5, 0.6) is 5.75 Å². The summed E-state index contributed by atoms with van der Waals surface area (Å²) in [5, 5.41) is 0. The van der Waals surface area contributed by atoms with Gasteiger partial charge >= 0.3 is 5.97 Å². The van der Waals surface area contributed by atoms with Crippen LogP contribution < -0.4 is 9.46 Å². The number of carbonyl (C=O) groups excluding carboxylic acids is 1. The summed E-state index contributed by atoms with van der Waals surface area (Å²) in [5.74, 6) is 0.583. The molecule has 0 unspecified atom stereocenters. The van der Waals surface area contributed by atoms with Crippen molar-refractivity contribution in [3.05, 3.63) is 96.1 Å². The molecule has 0 bridgehead atoms. The van der Waals surface area contributed by atoms with Crippen LogP contribution in [0.4, 0.5) is 5.69 Å². The Morgan fingerprint density at radius 3 is 2.50 bits per heavy atom. The maximum absolute atomic E-state index is 12.5. The SMILES string of the molecule is CC(C)OC(=O)CCc1ccccc1OCCCC=Cc1cccc(NS(=O)(=O)c2ccccc2)c1.